The molecule has 112 valence electrons. The Morgan fingerprint density at radius 3 is 1.10 bits per heavy atom. The Balaban J connectivity index is 0.000000121. The molecule has 0 heterocycles. The van der Waals surface area contributed by atoms with Gasteiger partial charge < -0.3 is 9.59 Å². The number of aldehydes is 2. The number of carbonyl (C=O) groups excluding carboxylic acids is 2. The molecule has 4 saturated carbocycles. The van der Waals surface area contributed by atoms with Gasteiger partial charge in [0.15, 0.2) is 0 Å². The smallest absolute Gasteiger partial charge is 0.254 e. The summed E-state index contributed by atoms with van der Waals surface area (Å²) in [5, 5.41) is 0. The molecule has 0 amide bonds. The molecule has 20 heavy (non-hydrogen) atoms. The van der Waals surface area contributed by atoms with E-state index in [4.69, 9.17) is 0 Å². The SMILES string of the molecule is O=CC1C[C@@H]2[C@H](C1)C2(F)F.O=CC1C[C@@H]2[C@H](C1)C2(F)F. The predicted molar refractivity (Wildman–Crippen MR) is 61.4 cm³/mol. The maximum atomic E-state index is 12.4. The van der Waals surface area contributed by atoms with Gasteiger partial charge in [-0.05, 0) is 25.7 Å². The van der Waals surface area contributed by atoms with E-state index in [1.54, 1.807) is 0 Å². The summed E-state index contributed by atoms with van der Waals surface area (Å²) in [6.45, 7) is 0. The van der Waals surface area contributed by atoms with Crippen molar-refractivity contribution >= 4 is 12.6 Å². The van der Waals surface area contributed by atoms with Crippen LogP contribution in [0.3, 0.4) is 0 Å². The minimum absolute atomic E-state index is 0.0744. The number of alkyl halides is 4. The minimum atomic E-state index is -2.42. The number of hydrogen-bond donors (Lipinski definition) is 0. The molecule has 4 aliphatic carbocycles. The van der Waals surface area contributed by atoms with Crippen LogP contribution in [0, 0.1) is 35.5 Å². The monoisotopic (exact) mass is 292 g/mol. The molecule has 0 aliphatic heterocycles. The van der Waals surface area contributed by atoms with E-state index in [1.165, 1.54) is 0 Å². The first kappa shape index (κ1) is 14.0. The Morgan fingerprint density at radius 1 is 0.650 bits per heavy atom. The zero-order valence-corrected chi connectivity index (χ0v) is 10.8. The maximum absolute atomic E-state index is 12.4. The Morgan fingerprint density at radius 2 is 0.900 bits per heavy atom. The van der Waals surface area contributed by atoms with Crippen LogP contribution < -0.4 is 0 Å². The molecule has 6 heteroatoms. The van der Waals surface area contributed by atoms with Gasteiger partial charge in [-0.2, -0.15) is 0 Å². The highest BCUT2D eigenvalue weighted by Crippen LogP contribution is 2.66. The summed E-state index contributed by atoms with van der Waals surface area (Å²) >= 11 is 0. The van der Waals surface area contributed by atoms with Crippen molar-refractivity contribution < 1.29 is 27.2 Å². The largest absolute Gasteiger partial charge is 0.303 e. The second-order valence-electron chi connectivity index (χ2n) is 6.51. The molecule has 2 unspecified atom stereocenters. The van der Waals surface area contributed by atoms with Gasteiger partial charge in [0, 0.05) is 35.5 Å². The van der Waals surface area contributed by atoms with Gasteiger partial charge in [0.1, 0.15) is 12.6 Å². The van der Waals surface area contributed by atoms with Gasteiger partial charge in [-0.3, -0.25) is 0 Å². The highest BCUT2D eigenvalue weighted by molar-refractivity contribution is 5.55. The summed E-state index contributed by atoms with van der Waals surface area (Å²) in [4.78, 5) is 20.3. The Kier molecular flexibility index (Phi) is 3.00. The normalized spacial score (nSPS) is 48.4. The first-order valence-corrected chi connectivity index (χ1v) is 6.98. The molecule has 0 bridgehead atoms. The lowest BCUT2D eigenvalue weighted by Gasteiger charge is -2.04. The molecular formula is C14H16F4O2. The Labute approximate surface area is 113 Å². The number of hydrogen-bond acceptors (Lipinski definition) is 2. The van der Waals surface area contributed by atoms with Crippen LogP contribution >= 0.6 is 0 Å². The van der Waals surface area contributed by atoms with E-state index in [2.05, 4.69) is 0 Å². The summed E-state index contributed by atoms with van der Waals surface area (Å²) < 4.78 is 49.7. The van der Waals surface area contributed by atoms with Crippen molar-refractivity contribution in [2.24, 2.45) is 35.5 Å². The zero-order chi connectivity index (χ0) is 14.7. The molecule has 4 aliphatic rings. The average molecular weight is 292 g/mol. The standard InChI is InChI=1S/2C7H8F2O/c2*8-7(9)5-1-4(3-10)2-6(5)7/h2*3-6H,1-2H2/t2*4?,5-,6+. The molecule has 4 rings (SSSR count). The number of rotatable bonds is 2. The van der Waals surface area contributed by atoms with Crippen LogP contribution in [-0.2, 0) is 9.59 Å². The molecule has 0 radical (unpaired) electrons. The van der Waals surface area contributed by atoms with Crippen molar-refractivity contribution in [3.63, 3.8) is 0 Å². The topological polar surface area (TPSA) is 34.1 Å². The molecule has 0 saturated heterocycles. The third kappa shape index (κ3) is 1.99. The van der Waals surface area contributed by atoms with E-state index >= 15 is 0 Å². The first-order valence-electron chi connectivity index (χ1n) is 6.98. The van der Waals surface area contributed by atoms with Crippen LogP contribution in [-0.4, -0.2) is 24.4 Å². The van der Waals surface area contributed by atoms with E-state index in [0.717, 1.165) is 12.6 Å². The second-order valence-corrected chi connectivity index (χ2v) is 6.51. The molecule has 2 nitrogen and oxygen atoms in total. The summed E-state index contributed by atoms with van der Waals surface area (Å²) in [6.07, 6.45) is 3.29. The van der Waals surface area contributed by atoms with Crippen molar-refractivity contribution in [2.75, 3.05) is 0 Å². The predicted octanol–water partition coefficient (Wildman–Crippen LogP) is 2.95. The van der Waals surface area contributed by atoms with E-state index in [0.29, 0.717) is 25.7 Å². The van der Waals surface area contributed by atoms with Crippen molar-refractivity contribution in [1.82, 2.24) is 0 Å². The fraction of sp³-hybridized carbons (Fsp3) is 0.857. The van der Waals surface area contributed by atoms with Crippen molar-refractivity contribution in [3.8, 4) is 0 Å². The zero-order valence-electron chi connectivity index (χ0n) is 10.8. The Hall–Kier alpha value is -0.940. The van der Waals surface area contributed by atoms with Crippen LogP contribution in [0.1, 0.15) is 25.7 Å². The van der Waals surface area contributed by atoms with Gasteiger partial charge in [-0.25, -0.2) is 17.6 Å². The highest BCUT2D eigenvalue weighted by atomic mass is 19.3. The van der Waals surface area contributed by atoms with Crippen molar-refractivity contribution in [2.45, 2.75) is 37.5 Å². The number of fused-ring (bicyclic) bond motifs is 2. The molecule has 4 fully saturated rings. The summed E-state index contributed by atoms with van der Waals surface area (Å²) in [5.41, 5.74) is 0. The number of halogens is 4. The van der Waals surface area contributed by atoms with E-state index in [-0.39, 0.29) is 11.8 Å². The average Bonchev–Trinajstić information content (AvgIpc) is 3.02. The maximum Gasteiger partial charge on any atom is 0.254 e. The summed E-state index contributed by atoms with van der Waals surface area (Å²) in [6, 6.07) is 0. The Bertz CT molecular complexity index is 369. The van der Waals surface area contributed by atoms with E-state index in [9.17, 15) is 27.2 Å². The van der Waals surface area contributed by atoms with Gasteiger partial charge >= 0.3 is 0 Å². The van der Waals surface area contributed by atoms with Crippen molar-refractivity contribution in [3.05, 3.63) is 0 Å². The number of carbonyl (C=O) groups is 2. The summed E-state index contributed by atoms with van der Waals surface area (Å²) in [5.74, 6) is -6.81. The highest BCUT2D eigenvalue weighted by Gasteiger charge is 2.72. The second kappa shape index (κ2) is 4.28. The molecule has 0 aromatic heterocycles. The fourth-order valence-corrected chi connectivity index (χ4v) is 3.93. The van der Waals surface area contributed by atoms with Crippen LogP contribution in [0.2, 0.25) is 0 Å². The van der Waals surface area contributed by atoms with Gasteiger partial charge in [0.05, 0.1) is 0 Å². The molecule has 6 atom stereocenters. The van der Waals surface area contributed by atoms with Crippen LogP contribution in [0.15, 0.2) is 0 Å². The summed E-state index contributed by atoms with van der Waals surface area (Å²) in [7, 11) is 0. The molecule has 0 N–H and O–H groups in total. The van der Waals surface area contributed by atoms with Crippen LogP contribution in [0.5, 0.6) is 0 Å². The van der Waals surface area contributed by atoms with Crippen molar-refractivity contribution in [1.29, 1.82) is 0 Å². The quantitative estimate of drug-likeness (QED) is 0.579. The van der Waals surface area contributed by atoms with E-state index < -0.39 is 35.5 Å². The van der Waals surface area contributed by atoms with Crippen LogP contribution in [0.4, 0.5) is 17.6 Å². The van der Waals surface area contributed by atoms with Gasteiger partial charge in [0.2, 0.25) is 0 Å². The van der Waals surface area contributed by atoms with E-state index in [1.807, 2.05) is 0 Å². The lowest BCUT2D eigenvalue weighted by Crippen LogP contribution is -2.08. The fourth-order valence-electron chi connectivity index (χ4n) is 3.93. The van der Waals surface area contributed by atoms with Gasteiger partial charge in [0.25, 0.3) is 11.8 Å². The lowest BCUT2D eigenvalue weighted by atomic mass is 10.1. The third-order valence-electron chi connectivity index (χ3n) is 5.34. The van der Waals surface area contributed by atoms with Gasteiger partial charge in [-0.15, -0.1) is 0 Å². The third-order valence-corrected chi connectivity index (χ3v) is 5.34. The molecule has 0 spiro atoms. The van der Waals surface area contributed by atoms with Gasteiger partial charge in [-0.1, -0.05) is 0 Å². The first-order chi connectivity index (χ1) is 9.32. The van der Waals surface area contributed by atoms with Crippen LogP contribution in [0.25, 0.3) is 0 Å². The lowest BCUT2D eigenvalue weighted by molar-refractivity contribution is -0.112. The molecule has 0 aromatic carbocycles. The minimum Gasteiger partial charge on any atom is -0.303 e. The molecule has 0 aromatic rings. The molecular weight excluding hydrogens is 276 g/mol.